The molecule has 1 aliphatic rings. The molecule has 10 heteroatoms. The number of rotatable bonds is 11. The highest BCUT2D eigenvalue weighted by Crippen LogP contribution is 2.34. The second-order valence-corrected chi connectivity index (χ2v) is 8.64. The fraction of sp³-hybridized carbons (Fsp3) is 0.462. The first-order valence-corrected chi connectivity index (χ1v) is 12.0. The van der Waals surface area contributed by atoms with Gasteiger partial charge in [-0.15, -0.1) is 0 Å². The zero-order valence-electron chi connectivity index (χ0n) is 20.7. The van der Waals surface area contributed by atoms with Gasteiger partial charge in [-0.25, -0.2) is 0 Å². The van der Waals surface area contributed by atoms with Crippen LogP contribution in [0, 0.1) is 0 Å². The van der Waals surface area contributed by atoms with Crippen LogP contribution in [0.3, 0.4) is 0 Å². The Labute approximate surface area is 208 Å². The van der Waals surface area contributed by atoms with Gasteiger partial charge in [0, 0.05) is 32.6 Å². The van der Waals surface area contributed by atoms with Gasteiger partial charge in [0.15, 0.2) is 18.1 Å². The number of benzene rings is 2. The second-order valence-electron chi connectivity index (χ2n) is 8.64. The van der Waals surface area contributed by atoms with E-state index in [2.05, 4.69) is 10.6 Å². The lowest BCUT2D eigenvalue weighted by Gasteiger charge is -2.21. The number of para-hydroxylation sites is 2. The van der Waals surface area contributed by atoms with Gasteiger partial charge < -0.3 is 25.0 Å². The van der Waals surface area contributed by atoms with Gasteiger partial charge in [-0.2, -0.15) is 13.2 Å². The van der Waals surface area contributed by atoms with Crippen molar-refractivity contribution in [1.29, 1.82) is 0 Å². The summed E-state index contributed by atoms with van der Waals surface area (Å²) < 4.78 is 47.9. The first kappa shape index (κ1) is 27.3. The summed E-state index contributed by atoms with van der Waals surface area (Å²) in [5.41, 5.74) is 3.16. The van der Waals surface area contributed by atoms with E-state index >= 15 is 0 Å². The van der Waals surface area contributed by atoms with E-state index in [0.29, 0.717) is 43.6 Å². The summed E-state index contributed by atoms with van der Waals surface area (Å²) in [6.07, 6.45) is -2.71. The summed E-state index contributed by atoms with van der Waals surface area (Å²) >= 11 is 0. The number of ether oxygens (including phenoxy) is 2. The van der Waals surface area contributed by atoms with E-state index < -0.39 is 12.8 Å². The zero-order chi connectivity index (χ0) is 26.3. The molecule has 7 nitrogen and oxygen atoms in total. The van der Waals surface area contributed by atoms with Gasteiger partial charge in [-0.1, -0.05) is 25.1 Å². The molecule has 0 aromatic heterocycles. The molecule has 1 heterocycles. The van der Waals surface area contributed by atoms with Gasteiger partial charge in [0.05, 0.1) is 11.3 Å². The van der Waals surface area contributed by atoms with E-state index in [1.807, 2.05) is 19.1 Å². The third-order valence-corrected chi connectivity index (χ3v) is 5.83. The number of hydrogen-bond donors (Lipinski definition) is 2. The Bertz CT molecular complexity index is 1070. The Morgan fingerprint density at radius 1 is 1.14 bits per heavy atom. The molecule has 2 aromatic carbocycles. The quantitative estimate of drug-likeness (QED) is 0.452. The second kappa shape index (κ2) is 12.1. The lowest BCUT2D eigenvalue weighted by Crippen LogP contribution is -2.32. The molecule has 2 amide bonds. The first-order chi connectivity index (χ1) is 17.1. The number of alkyl halides is 3. The van der Waals surface area contributed by atoms with Gasteiger partial charge in [-0.05, 0) is 49.1 Å². The maximum absolute atomic E-state index is 12.6. The number of hydrogen-bond acceptors (Lipinski definition) is 5. The lowest BCUT2D eigenvalue weighted by molar-refractivity contribution is -0.153. The summed E-state index contributed by atoms with van der Waals surface area (Å²) in [5, 5.41) is 6.00. The highest BCUT2D eigenvalue weighted by atomic mass is 19.4. The Hall–Kier alpha value is -3.27. The molecule has 36 heavy (non-hydrogen) atoms. The van der Waals surface area contributed by atoms with Crippen molar-refractivity contribution < 1.29 is 32.2 Å². The number of halogens is 3. The fourth-order valence-electron chi connectivity index (χ4n) is 4.22. The molecule has 1 unspecified atom stereocenters. The van der Waals surface area contributed by atoms with E-state index in [4.69, 9.17) is 9.47 Å². The Balaban J connectivity index is 1.58. The Morgan fingerprint density at radius 2 is 1.83 bits per heavy atom. The number of fused-ring (bicyclic) bond motifs is 1. The number of anilines is 1. The third-order valence-electron chi connectivity index (χ3n) is 5.83. The fourth-order valence-corrected chi connectivity index (χ4v) is 4.22. The highest BCUT2D eigenvalue weighted by molar-refractivity contribution is 6.06. The highest BCUT2D eigenvalue weighted by Gasteiger charge is 2.30. The van der Waals surface area contributed by atoms with Crippen LogP contribution >= 0.6 is 0 Å². The number of nitrogens with zero attached hydrogens (tertiary/aromatic N) is 1. The van der Waals surface area contributed by atoms with Crippen molar-refractivity contribution in [2.24, 2.45) is 0 Å². The van der Waals surface area contributed by atoms with Crippen molar-refractivity contribution in [2.45, 2.75) is 45.3 Å². The van der Waals surface area contributed by atoms with Crippen molar-refractivity contribution in [3.05, 3.63) is 53.1 Å². The maximum atomic E-state index is 12.6. The van der Waals surface area contributed by atoms with Crippen LogP contribution in [0.15, 0.2) is 36.4 Å². The number of nitrogens with one attached hydrogen (secondary N) is 2. The molecule has 3 rings (SSSR count). The maximum Gasteiger partial charge on any atom is 0.422 e. The van der Waals surface area contributed by atoms with Crippen LogP contribution in [0.1, 0.15) is 41.8 Å². The molecule has 0 radical (unpaired) electrons. The van der Waals surface area contributed by atoms with Crippen molar-refractivity contribution >= 4 is 17.5 Å². The molecule has 1 aliphatic heterocycles. The standard InChI is InChI=1S/C26H32F3N3O4/c1-4-23(33)32-11-9-19-14-18(15-20(24(19)32)25(34)30-3)13-17(2)31-10-12-35-21-7-5-6-8-22(21)36-16-26(27,28)29/h5-8,14-15,17,31H,4,9-13,16H2,1-3H3,(H,30,34). The van der Waals surface area contributed by atoms with Crippen LogP contribution in [0.5, 0.6) is 11.5 Å². The summed E-state index contributed by atoms with van der Waals surface area (Å²) in [6.45, 7) is 3.68. The molecule has 2 N–H and O–H groups in total. The van der Waals surface area contributed by atoms with Crippen molar-refractivity contribution in [3.63, 3.8) is 0 Å². The average molecular weight is 508 g/mol. The summed E-state index contributed by atoms with van der Waals surface area (Å²) in [7, 11) is 1.57. The summed E-state index contributed by atoms with van der Waals surface area (Å²) in [4.78, 5) is 26.6. The van der Waals surface area contributed by atoms with E-state index in [-0.39, 0.29) is 36.0 Å². The van der Waals surface area contributed by atoms with Gasteiger partial charge in [0.25, 0.3) is 5.91 Å². The average Bonchev–Trinajstić information content (AvgIpc) is 3.28. The molecule has 0 spiro atoms. The molecule has 2 aromatic rings. The van der Waals surface area contributed by atoms with Crippen LogP contribution < -0.4 is 25.0 Å². The predicted molar refractivity (Wildman–Crippen MR) is 131 cm³/mol. The van der Waals surface area contributed by atoms with E-state index in [0.717, 1.165) is 11.1 Å². The largest absolute Gasteiger partial charge is 0.488 e. The van der Waals surface area contributed by atoms with Crippen LogP contribution in [0.4, 0.5) is 18.9 Å². The topological polar surface area (TPSA) is 79.9 Å². The van der Waals surface area contributed by atoms with Crippen molar-refractivity contribution in [2.75, 3.05) is 38.3 Å². The van der Waals surface area contributed by atoms with Crippen LogP contribution in [-0.2, 0) is 17.6 Å². The smallest absolute Gasteiger partial charge is 0.422 e. The summed E-state index contributed by atoms with van der Waals surface area (Å²) in [5.74, 6) is 0.0472. The van der Waals surface area contributed by atoms with Gasteiger partial charge in [0.1, 0.15) is 6.61 Å². The van der Waals surface area contributed by atoms with Gasteiger partial charge in [-0.3, -0.25) is 9.59 Å². The molecule has 1 atom stereocenters. The van der Waals surface area contributed by atoms with Crippen LogP contribution in [-0.4, -0.2) is 57.4 Å². The SMILES string of the molecule is CCC(=O)N1CCc2cc(CC(C)NCCOc3ccccc3OCC(F)(F)F)cc(C(=O)NC)c21. The minimum absolute atomic E-state index is 0.00734. The predicted octanol–water partition coefficient (Wildman–Crippen LogP) is 3.89. The minimum Gasteiger partial charge on any atom is -0.488 e. The Morgan fingerprint density at radius 3 is 2.47 bits per heavy atom. The molecular formula is C26H32F3N3O4. The molecule has 0 saturated carbocycles. The first-order valence-electron chi connectivity index (χ1n) is 12.0. The van der Waals surface area contributed by atoms with Gasteiger partial charge in [0.2, 0.25) is 5.91 Å². The zero-order valence-corrected chi connectivity index (χ0v) is 20.7. The number of carbonyl (C=O) groups excluding carboxylic acids is 2. The van der Waals surface area contributed by atoms with Crippen LogP contribution in [0.2, 0.25) is 0 Å². The normalized spacial score (nSPS) is 13.8. The molecule has 0 saturated heterocycles. The lowest BCUT2D eigenvalue weighted by atomic mass is 9.98. The van der Waals surface area contributed by atoms with Crippen molar-refractivity contribution in [3.8, 4) is 11.5 Å². The van der Waals surface area contributed by atoms with E-state index in [9.17, 15) is 22.8 Å². The molecule has 196 valence electrons. The number of amides is 2. The Kier molecular flexibility index (Phi) is 9.19. The van der Waals surface area contributed by atoms with E-state index in [1.165, 1.54) is 6.07 Å². The van der Waals surface area contributed by atoms with Crippen LogP contribution in [0.25, 0.3) is 0 Å². The molecule has 0 aliphatic carbocycles. The van der Waals surface area contributed by atoms with E-state index in [1.54, 1.807) is 37.1 Å². The third kappa shape index (κ3) is 7.13. The molecule has 0 bridgehead atoms. The number of carbonyl (C=O) groups is 2. The molecular weight excluding hydrogens is 475 g/mol. The monoisotopic (exact) mass is 507 g/mol. The van der Waals surface area contributed by atoms with Crippen molar-refractivity contribution in [1.82, 2.24) is 10.6 Å². The van der Waals surface area contributed by atoms with Gasteiger partial charge >= 0.3 is 6.18 Å². The minimum atomic E-state index is -4.43. The summed E-state index contributed by atoms with van der Waals surface area (Å²) in [6, 6.07) is 10.2. The molecule has 0 fully saturated rings.